The van der Waals surface area contributed by atoms with Gasteiger partial charge in [-0.05, 0) is 36.4 Å². The van der Waals surface area contributed by atoms with Crippen LogP contribution < -0.4 is 10.6 Å². The minimum absolute atomic E-state index is 0.153. The first-order valence-electron chi connectivity index (χ1n) is 7.32. The van der Waals surface area contributed by atoms with Gasteiger partial charge < -0.3 is 5.73 Å². The lowest BCUT2D eigenvalue weighted by atomic mass is 10.1. The van der Waals surface area contributed by atoms with Crippen molar-refractivity contribution in [2.45, 2.75) is 22.7 Å². The maximum Gasteiger partial charge on any atom is 0.418 e. The number of rotatable bonds is 3. The molecular formula is C17H13F3N2O2S. The third-order valence-corrected chi connectivity index (χ3v) is 4.91. The van der Waals surface area contributed by atoms with Crippen molar-refractivity contribution in [2.75, 3.05) is 10.6 Å². The number of carbonyl (C=O) groups is 2. The normalized spacial score (nSPS) is 18.0. The van der Waals surface area contributed by atoms with Gasteiger partial charge in [0.25, 0.3) is 0 Å². The number of nitrogens with zero attached hydrogens (tertiary/aromatic N) is 1. The Morgan fingerprint density at radius 2 is 1.68 bits per heavy atom. The SMILES string of the molecule is Nc1ccc(SC2CC(=O)N(c3ccccc3C(F)(F)F)C2=O)cc1. The molecule has 2 amide bonds. The summed E-state index contributed by atoms with van der Waals surface area (Å²) in [5.41, 5.74) is 4.72. The van der Waals surface area contributed by atoms with Gasteiger partial charge >= 0.3 is 6.18 Å². The number of alkyl halides is 3. The molecule has 4 nitrogen and oxygen atoms in total. The molecule has 0 radical (unpaired) electrons. The summed E-state index contributed by atoms with van der Waals surface area (Å²) in [5.74, 6) is -1.29. The van der Waals surface area contributed by atoms with Crippen molar-refractivity contribution in [3.8, 4) is 0 Å². The van der Waals surface area contributed by atoms with E-state index in [4.69, 9.17) is 5.73 Å². The van der Waals surface area contributed by atoms with Crippen LogP contribution in [0.25, 0.3) is 0 Å². The number of nitrogens with two attached hydrogens (primary N) is 1. The summed E-state index contributed by atoms with van der Waals surface area (Å²) >= 11 is 1.13. The van der Waals surface area contributed by atoms with Crippen molar-refractivity contribution in [3.63, 3.8) is 0 Å². The standard InChI is InChI=1S/C17H13F3N2O2S/c18-17(19,20)12-3-1-2-4-13(12)22-15(23)9-14(16(22)24)25-11-7-5-10(21)6-8-11/h1-8,14H,9,21H2. The number of para-hydroxylation sites is 1. The van der Waals surface area contributed by atoms with Gasteiger partial charge in [0, 0.05) is 17.0 Å². The van der Waals surface area contributed by atoms with Crippen LogP contribution in [0.3, 0.4) is 0 Å². The summed E-state index contributed by atoms with van der Waals surface area (Å²) in [6, 6.07) is 11.3. The predicted molar refractivity (Wildman–Crippen MR) is 89.1 cm³/mol. The van der Waals surface area contributed by atoms with E-state index in [1.807, 2.05) is 0 Å². The number of halogens is 3. The number of hydrogen-bond acceptors (Lipinski definition) is 4. The van der Waals surface area contributed by atoms with E-state index in [9.17, 15) is 22.8 Å². The highest BCUT2D eigenvalue weighted by Crippen LogP contribution is 2.40. The molecule has 3 rings (SSSR count). The third-order valence-electron chi connectivity index (χ3n) is 3.71. The molecule has 0 bridgehead atoms. The highest BCUT2D eigenvalue weighted by molar-refractivity contribution is 8.00. The summed E-state index contributed by atoms with van der Waals surface area (Å²) in [5, 5.41) is -0.766. The average molecular weight is 366 g/mol. The molecule has 1 saturated heterocycles. The summed E-state index contributed by atoms with van der Waals surface area (Å²) in [7, 11) is 0. The summed E-state index contributed by atoms with van der Waals surface area (Å²) in [6.07, 6.45) is -4.81. The van der Waals surface area contributed by atoms with Crippen LogP contribution >= 0.6 is 11.8 Å². The second-order valence-corrected chi connectivity index (χ2v) is 6.74. The van der Waals surface area contributed by atoms with Gasteiger partial charge in [-0.1, -0.05) is 12.1 Å². The Bertz CT molecular complexity index is 821. The van der Waals surface area contributed by atoms with Crippen molar-refractivity contribution in [2.24, 2.45) is 0 Å². The summed E-state index contributed by atoms with van der Waals surface area (Å²) in [4.78, 5) is 26.1. The molecule has 8 heteroatoms. The fourth-order valence-corrected chi connectivity index (χ4v) is 3.62. The lowest BCUT2D eigenvalue weighted by molar-refractivity contribution is -0.137. The Balaban J connectivity index is 1.89. The van der Waals surface area contributed by atoms with Crippen LogP contribution in [-0.2, 0) is 15.8 Å². The molecular weight excluding hydrogens is 353 g/mol. The van der Waals surface area contributed by atoms with Crippen molar-refractivity contribution < 1.29 is 22.8 Å². The lowest BCUT2D eigenvalue weighted by Crippen LogP contribution is -2.33. The minimum Gasteiger partial charge on any atom is -0.399 e. The topological polar surface area (TPSA) is 63.4 Å². The third kappa shape index (κ3) is 3.48. The molecule has 25 heavy (non-hydrogen) atoms. The van der Waals surface area contributed by atoms with E-state index in [-0.39, 0.29) is 6.42 Å². The number of amides is 2. The van der Waals surface area contributed by atoms with Gasteiger partial charge in [0.15, 0.2) is 0 Å². The minimum atomic E-state index is -4.65. The van der Waals surface area contributed by atoms with Crippen molar-refractivity contribution >= 4 is 35.0 Å². The van der Waals surface area contributed by atoms with Crippen LogP contribution in [0.15, 0.2) is 53.4 Å². The predicted octanol–water partition coefficient (Wildman–Crippen LogP) is 3.71. The molecule has 130 valence electrons. The van der Waals surface area contributed by atoms with Crippen LogP contribution in [0, 0.1) is 0 Å². The summed E-state index contributed by atoms with van der Waals surface area (Å²) in [6.45, 7) is 0. The number of anilines is 2. The quantitative estimate of drug-likeness (QED) is 0.664. The van der Waals surface area contributed by atoms with Gasteiger partial charge in [0.2, 0.25) is 11.8 Å². The van der Waals surface area contributed by atoms with E-state index in [1.165, 1.54) is 12.1 Å². The Labute approximate surface area is 145 Å². The van der Waals surface area contributed by atoms with Crippen LogP contribution in [0.1, 0.15) is 12.0 Å². The molecule has 1 unspecified atom stereocenters. The Morgan fingerprint density at radius 1 is 1.04 bits per heavy atom. The Morgan fingerprint density at radius 3 is 2.32 bits per heavy atom. The first kappa shape index (κ1) is 17.3. The van der Waals surface area contributed by atoms with E-state index < -0.39 is 34.5 Å². The maximum absolute atomic E-state index is 13.2. The van der Waals surface area contributed by atoms with Gasteiger partial charge in [-0.15, -0.1) is 11.8 Å². The molecule has 1 aliphatic heterocycles. The molecule has 1 atom stereocenters. The molecule has 2 aromatic carbocycles. The second kappa shape index (κ2) is 6.44. The number of thioether (sulfide) groups is 1. The van der Waals surface area contributed by atoms with E-state index >= 15 is 0 Å². The van der Waals surface area contributed by atoms with Gasteiger partial charge in [0.05, 0.1) is 16.5 Å². The van der Waals surface area contributed by atoms with Crippen molar-refractivity contribution in [3.05, 3.63) is 54.1 Å². The van der Waals surface area contributed by atoms with Crippen LogP contribution in [-0.4, -0.2) is 17.1 Å². The molecule has 0 aliphatic carbocycles. The van der Waals surface area contributed by atoms with E-state index in [1.54, 1.807) is 24.3 Å². The zero-order valence-corrected chi connectivity index (χ0v) is 13.6. The molecule has 0 saturated carbocycles. The number of nitrogen functional groups attached to an aromatic ring is 1. The first-order valence-corrected chi connectivity index (χ1v) is 8.20. The number of imide groups is 1. The van der Waals surface area contributed by atoms with Gasteiger partial charge in [-0.2, -0.15) is 13.2 Å². The molecule has 0 aromatic heterocycles. The molecule has 1 fully saturated rings. The molecule has 0 spiro atoms. The zero-order valence-electron chi connectivity index (χ0n) is 12.8. The zero-order chi connectivity index (χ0) is 18.2. The van der Waals surface area contributed by atoms with Crippen molar-refractivity contribution in [1.82, 2.24) is 0 Å². The fraction of sp³-hybridized carbons (Fsp3) is 0.176. The first-order chi connectivity index (χ1) is 11.8. The Hall–Kier alpha value is -2.48. The maximum atomic E-state index is 13.2. The number of carbonyl (C=O) groups excluding carboxylic acids is 2. The molecule has 1 aliphatic rings. The van der Waals surface area contributed by atoms with E-state index in [2.05, 4.69) is 0 Å². The van der Waals surface area contributed by atoms with E-state index in [0.717, 1.165) is 23.9 Å². The largest absolute Gasteiger partial charge is 0.418 e. The Kier molecular flexibility index (Phi) is 4.47. The van der Waals surface area contributed by atoms with Crippen LogP contribution in [0.5, 0.6) is 0 Å². The van der Waals surface area contributed by atoms with Crippen molar-refractivity contribution in [1.29, 1.82) is 0 Å². The molecule has 1 heterocycles. The van der Waals surface area contributed by atoms with Gasteiger partial charge in [-0.25, -0.2) is 4.90 Å². The fourth-order valence-electron chi connectivity index (χ4n) is 2.57. The number of benzene rings is 2. The second-order valence-electron chi connectivity index (χ2n) is 5.46. The molecule has 2 N–H and O–H groups in total. The highest BCUT2D eigenvalue weighted by Gasteiger charge is 2.44. The average Bonchev–Trinajstić information content (AvgIpc) is 2.83. The van der Waals surface area contributed by atoms with Gasteiger partial charge in [-0.3, -0.25) is 9.59 Å². The highest BCUT2D eigenvalue weighted by atomic mass is 32.2. The van der Waals surface area contributed by atoms with Crippen LogP contribution in [0.2, 0.25) is 0 Å². The lowest BCUT2D eigenvalue weighted by Gasteiger charge is -2.20. The summed E-state index contributed by atoms with van der Waals surface area (Å²) < 4.78 is 39.5. The molecule has 2 aromatic rings. The van der Waals surface area contributed by atoms with Crippen LogP contribution in [0.4, 0.5) is 24.5 Å². The van der Waals surface area contributed by atoms with E-state index in [0.29, 0.717) is 15.5 Å². The monoisotopic (exact) mass is 366 g/mol. The number of hydrogen-bond donors (Lipinski definition) is 1. The van der Waals surface area contributed by atoms with Gasteiger partial charge in [0.1, 0.15) is 0 Å². The smallest absolute Gasteiger partial charge is 0.399 e.